The van der Waals surface area contributed by atoms with Crippen LogP contribution in [0.2, 0.25) is 0 Å². The summed E-state index contributed by atoms with van der Waals surface area (Å²) in [5, 5.41) is 14.4. The van der Waals surface area contributed by atoms with E-state index in [1.165, 1.54) is 6.07 Å². The lowest BCUT2D eigenvalue weighted by Crippen LogP contribution is -2.16. The van der Waals surface area contributed by atoms with Gasteiger partial charge in [-0.15, -0.1) is 0 Å². The van der Waals surface area contributed by atoms with Gasteiger partial charge in [0.05, 0.1) is 6.04 Å². The fourth-order valence-electron chi connectivity index (χ4n) is 2.27. The molecule has 2 rings (SSSR count). The predicted molar refractivity (Wildman–Crippen MR) is 85.2 cm³/mol. The number of nitrogens with one attached hydrogen (secondary N) is 2. The summed E-state index contributed by atoms with van der Waals surface area (Å²) < 4.78 is 27.3. The van der Waals surface area contributed by atoms with Gasteiger partial charge in [0.1, 0.15) is 18.2 Å². The number of rotatable bonds is 6. The normalized spacial score (nSPS) is 11.8. The van der Waals surface area contributed by atoms with Crippen molar-refractivity contribution in [1.82, 2.24) is 0 Å². The third kappa shape index (κ3) is 4.50. The molecule has 0 aliphatic rings. The van der Waals surface area contributed by atoms with E-state index < -0.39 is 30.2 Å². The van der Waals surface area contributed by atoms with Gasteiger partial charge in [-0.3, -0.25) is 4.79 Å². The molecular weight excluding hydrogens is 302 g/mol. The molecule has 122 valence electrons. The minimum absolute atomic E-state index is 0.247. The zero-order valence-electron chi connectivity index (χ0n) is 12.6. The van der Waals surface area contributed by atoms with Crippen LogP contribution >= 0.6 is 0 Å². The quantitative estimate of drug-likeness (QED) is 0.764. The average Bonchev–Trinajstić information content (AvgIpc) is 2.55. The summed E-state index contributed by atoms with van der Waals surface area (Å²) in [5.41, 5.74) is 1.40. The lowest BCUT2D eigenvalue weighted by molar-refractivity contribution is -0.118. The molecule has 0 aromatic heterocycles. The summed E-state index contributed by atoms with van der Waals surface area (Å²) in [6.07, 6.45) is 0.549. The van der Waals surface area contributed by atoms with Crippen LogP contribution in [0.1, 0.15) is 24.9 Å². The van der Waals surface area contributed by atoms with Crippen LogP contribution in [-0.4, -0.2) is 17.6 Å². The third-order valence-electron chi connectivity index (χ3n) is 3.37. The van der Waals surface area contributed by atoms with Crippen LogP contribution in [0.5, 0.6) is 0 Å². The third-order valence-corrected chi connectivity index (χ3v) is 3.37. The van der Waals surface area contributed by atoms with Gasteiger partial charge in [0.15, 0.2) is 0 Å². The molecular formula is C17H18F2N2O2. The molecule has 1 unspecified atom stereocenters. The Morgan fingerprint density at radius 3 is 2.61 bits per heavy atom. The molecule has 0 fully saturated rings. The highest BCUT2D eigenvalue weighted by molar-refractivity contribution is 5.91. The number of halogens is 2. The van der Waals surface area contributed by atoms with Gasteiger partial charge in [-0.2, -0.15) is 0 Å². The Hall–Kier alpha value is -2.47. The second kappa shape index (κ2) is 7.69. The van der Waals surface area contributed by atoms with Crippen LogP contribution in [0.15, 0.2) is 42.5 Å². The van der Waals surface area contributed by atoms with Crippen LogP contribution in [-0.2, 0) is 4.79 Å². The summed E-state index contributed by atoms with van der Waals surface area (Å²) in [6.45, 7) is 1.25. The predicted octanol–water partition coefficient (Wildman–Crippen LogP) is 3.46. The van der Waals surface area contributed by atoms with Crippen LogP contribution in [0.4, 0.5) is 20.2 Å². The molecule has 4 nitrogen and oxygen atoms in total. The minimum atomic E-state index is -0.607. The van der Waals surface area contributed by atoms with Gasteiger partial charge in [0.25, 0.3) is 0 Å². The van der Waals surface area contributed by atoms with Crippen molar-refractivity contribution < 1.29 is 18.7 Å². The van der Waals surface area contributed by atoms with Gasteiger partial charge < -0.3 is 15.7 Å². The molecule has 0 aliphatic heterocycles. The molecule has 0 saturated carbocycles. The lowest BCUT2D eigenvalue weighted by Gasteiger charge is -2.20. The van der Waals surface area contributed by atoms with E-state index in [2.05, 4.69) is 10.6 Å². The molecule has 0 saturated heterocycles. The highest BCUT2D eigenvalue weighted by Crippen LogP contribution is 2.26. The summed E-state index contributed by atoms with van der Waals surface area (Å²) in [6, 6.07) is 9.75. The van der Waals surface area contributed by atoms with E-state index in [1.54, 1.807) is 24.3 Å². The molecule has 0 spiro atoms. The molecule has 1 atom stereocenters. The van der Waals surface area contributed by atoms with Crippen molar-refractivity contribution in [2.45, 2.75) is 19.4 Å². The number of aliphatic hydroxyl groups excluding tert-OH is 1. The van der Waals surface area contributed by atoms with E-state index in [0.29, 0.717) is 17.8 Å². The monoisotopic (exact) mass is 320 g/mol. The van der Waals surface area contributed by atoms with E-state index in [4.69, 9.17) is 5.11 Å². The van der Waals surface area contributed by atoms with E-state index >= 15 is 0 Å². The van der Waals surface area contributed by atoms with Gasteiger partial charge in [-0.25, -0.2) is 8.78 Å². The average molecular weight is 320 g/mol. The molecule has 0 radical (unpaired) electrons. The first kappa shape index (κ1) is 16.9. The first-order valence-electron chi connectivity index (χ1n) is 7.25. The molecule has 2 aromatic rings. The van der Waals surface area contributed by atoms with Gasteiger partial charge in [-0.1, -0.05) is 13.0 Å². The van der Waals surface area contributed by atoms with Gasteiger partial charge in [0.2, 0.25) is 5.91 Å². The number of hydrogen-bond acceptors (Lipinski definition) is 3. The van der Waals surface area contributed by atoms with E-state index in [0.717, 1.165) is 12.1 Å². The molecule has 23 heavy (non-hydrogen) atoms. The maximum Gasteiger partial charge on any atom is 0.250 e. The number of amides is 1. The second-order valence-corrected chi connectivity index (χ2v) is 5.06. The van der Waals surface area contributed by atoms with Gasteiger partial charge >= 0.3 is 0 Å². The Kier molecular flexibility index (Phi) is 5.65. The van der Waals surface area contributed by atoms with Crippen molar-refractivity contribution >= 4 is 17.3 Å². The van der Waals surface area contributed by atoms with Crippen molar-refractivity contribution in [3.05, 3.63) is 59.7 Å². The highest BCUT2D eigenvalue weighted by atomic mass is 19.1. The zero-order chi connectivity index (χ0) is 16.8. The Balaban J connectivity index is 2.20. The van der Waals surface area contributed by atoms with Crippen molar-refractivity contribution in [3.63, 3.8) is 0 Å². The van der Waals surface area contributed by atoms with Crippen molar-refractivity contribution in [2.75, 3.05) is 17.2 Å². The van der Waals surface area contributed by atoms with Crippen molar-refractivity contribution in [3.8, 4) is 0 Å². The Morgan fingerprint density at radius 2 is 1.91 bits per heavy atom. The summed E-state index contributed by atoms with van der Waals surface area (Å²) in [4.78, 5) is 11.2. The maximum atomic E-state index is 13.9. The van der Waals surface area contributed by atoms with Crippen LogP contribution in [0, 0.1) is 11.6 Å². The minimum Gasteiger partial charge on any atom is -0.387 e. The standard InChI is InChI=1S/C17H18F2N2O2/c1-2-16(14-8-11(18)6-7-15(14)19)20-12-4-3-5-13(9-12)21-17(23)10-22/h3-9,16,20,22H,2,10H2,1H3,(H,21,23). The number of hydrogen-bond donors (Lipinski definition) is 3. The molecule has 2 aromatic carbocycles. The summed E-state index contributed by atoms with van der Waals surface area (Å²) in [7, 11) is 0. The molecule has 3 N–H and O–H groups in total. The van der Waals surface area contributed by atoms with Gasteiger partial charge in [-0.05, 0) is 42.8 Å². The summed E-state index contributed by atoms with van der Waals surface area (Å²) in [5.74, 6) is -1.49. The topological polar surface area (TPSA) is 61.4 Å². The first-order valence-corrected chi connectivity index (χ1v) is 7.25. The second-order valence-electron chi connectivity index (χ2n) is 5.06. The number of carbonyl (C=O) groups excluding carboxylic acids is 1. The number of carbonyl (C=O) groups is 1. The lowest BCUT2D eigenvalue weighted by atomic mass is 10.0. The fraction of sp³-hybridized carbons (Fsp3) is 0.235. The molecule has 0 aliphatic carbocycles. The van der Waals surface area contributed by atoms with Crippen molar-refractivity contribution in [1.29, 1.82) is 0 Å². The fourth-order valence-corrected chi connectivity index (χ4v) is 2.27. The maximum absolute atomic E-state index is 13.9. The van der Waals surface area contributed by atoms with Crippen molar-refractivity contribution in [2.24, 2.45) is 0 Å². The molecule has 0 bridgehead atoms. The first-order chi connectivity index (χ1) is 11.0. The SMILES string of the molecule is CCC(Nc1cccc(NC(=O)CO)c1)c1cc(F)ccc1F. The van der Waals surface area contributed by atoms with Gasteiger partial charge in [0, 0.05) is 16.9 Å². The van der Waals surface area contributed by atoms with Crippen LogP contribution in [0.3, 0.4) is 0 Å². The van der Waals surface area contributed by atoms with Crippen LogP contribution < -0.4 is 10.6 Å². The Morgan fingerprint density at radius 1 is 1.17 bits per heavy atom. The number of benzene rings is 2. The number of aliphatic hydroxyl groups is 1. The van der Waals surface area contributed by atoms with Crippen LogP contribution in [0.25, 0.3) is 0 Å². The molecule has 1 amide bonds. The van der Waals surface area contributed by atoms with E-state index in [-0.39, 0.29) is 5.56 Å². The van der Waals surface area contributed by atoms with E-state index in [9.17, 15) is 13.6 Å². The Labute approximate surface area is 133 Å². The smallest absolute Gasteiger partial charge is 0.250 e. The zero-order valence-corrected chi connectivity index (χ0v) is 12.6. The highest BCUT2D eigenvalue weighted by Gasteiger charge is 2.15. The number of anilines is 2. The van der Waals surface area contributed by atoms with E-state index in [1.807, 2.05) is 6.92 Å². The molecule has 6 heteroatoms. The largest absolute Gasteiger partial charge is 0.387 e. The molecule has 0 heterocycles. The Bertz CT molecular complexity index is 692. The summed E-state index contributed by atoms with van der Waals surface area (Å²) >= 11 is 0.